The Morgan fingerprint density at radius 2 is 2.35 bits per heavy atom. The summed E-state index contributed by atoms with van der Waals surface area (Å²) >= 11 is 6.14. The summed E-state index contributed by atoms with van der Waals surface area (Å²) in [5, 5.41) is 11.9. The maximum Gasteiger partial charge on any atom is 0.271 e. The SMILES string of the molecule is COC[C@H]1CN(c2ncnc3c(Cl)cc([N+](=O)[O-])cc23)CCO1. The highest BCUT2D eigenvalue weighted by molar-refractivity contribution is 6.35. The molecule has 0 unspecified atom stereocenters. The third kappa shape index (κ3) is 3.19. The van der Waals surface area contributed by atoms with E-state index in [4.69, 9.17) is 21.1 Å². The minimum Gasteiger partial charge on any atom is -0.382 e. The van der Waals surface area contributed by atoms with Crippen LogP contribution in [0.4, 0.5) is 11.5 Å². The van der Waals surface area contributed by atoms with Crippen LogP contribution in [0.3, 0.4) is 0 Å². The number of aromatic nitrogens is 2. The zero-order valence-corrected chi connectivity index (χ0v) is 13.2. The molecule has 122 valence electrons. The standard InChI is InChI=1S/C14H15ClN4O4/c1-22-7-10-6-18(2-3-23-10)14-11-4-9(19(20)21)5-12(15)13(11)16-8-17-14/h4-5,8,10H,2-3,6-7H2,1H3/t10-/m1/s1. The maximum absolute atomic E-state index is 11.1. The lowest BCUT2D eigenvalue weighted by atomic mass is 10.2. The fraction of sp³-hybridized carbons (Fsp3) is 0.429. The normalized spacial score (nSPS) is 18.3. The van der Waals surface area contributed by atoms with Crippen LogP contribution in [0.15, 0.2) is 18.5 Å². The summed E-state index contributed by atoms with van der Waals surface area (Å²) in [4.78, 5) is 21.1. The van der Waals surface area contributed by atoms with E-state index < -0.39 is 4.92 Å². The van der Waals surface area contributed by atoms with E-state index in [1.165, 1.54) is 18.5 Å². The van der Waals surface area contributed by atoms with Crippen LogP contribution in [0.5, 0.6) is 0 Å². The predicted octanol–water partition coefficient (Wildman–Crippen LogP) is 2.04. The summed E-state index contributed by atoms with van der Waals surface area (Å²) in [5.41, 5.74) is 0.414. The van der Waals surface area contributed by atoms with Crippen molar-refractivity contribution in [3.05, 3.63) is 33.6 Å². The Kier molecular flexibility index (Phi) is 4.56. The molecule has 2 heterocycles. The van der Waals surface area contributed by atoms with Crippen LogP contribution in [-0.4, -0.2) is 54.4 Å². The lowest BCUT2D eigenvalue weighted by Gasteiger charge is -2.33. The Morgan fingerprint density at radius 3 is 3.09 bits per heavy atom. The van der Waals surface area contributed by atoms with Crippen LogP contribution < -0.4 is 4.90 Å². The number of non-ortho nitro benzene ring substituents is 1. The second-order valence-electron chi connectivity index (χ2n) is 5.17. The van der Waals surface area contributed by atoms with E-state index in [2.05, 4.69) is 9.97 Å². The third-order valence-electron chi connectivity index (χ3n) is 3.66. The Labute approximate surface area is 137 Å². The fourth-order valence-corrected chi connectivity index (χ4v) is 2.92. The highest BCUT2D eigenvalue weighted by atomic mass is 35.5. The van der Waals surface area contributed by atoms with Crippen molar-refractivity contribution < 1.29 is 14.4 Å². The molecule has 0 saturated carbocycles. The zero-order chi connectivity index (χ0) is 16.4. The van der Waals surface area contributed by atoms with E-state index in [0.29, 0.717) is 43.0 Å². The van der Waals surface area contributed by atoms with Crippen LogP contribution in [0.2, 0.25) is 5.02 Å². The van der Waals surface area contributed by atoms with Gasteiger partial charge in [-0.25, -0.2) is 9.97 Å². The lowest BCUT2D eigenvalue weighted by molar-refractivity contribution is -0.384. The van der Waals surface area contributed by atoms with Crippen molar-refractivity contribution in [1.82, 2.24) is 9.97 Å². The first kappa shape index (κ1) is 15.9. The van der Waals surface area contributed by atoms with Crippen molar-refractivity contribution >= 4 is 34.0 Å². The summed E-state index contributed by atoms with van der Waals surface area (Å²) in [6, 6.07) is 2.76. The average molecular weight is 339 g/mol. The van der Waals surface area contributed by atoms with Crippen LogP contribution in [-0.2, 0) is 9.47 Å². The highest BCUT2D eigenvalue weighted by Crippen LogP contribution is 2.32. The second-order valence-corrected chi connectivity index (χ2v) is 5.58. The monoisotopic (exact) mass is 338 g/mol. The number of nitrogens with zero attached hydrogens (tertiary/aromatic N) is 4. The molecule has 1 aliphatic heterocycles. The number of ether oxygens (including phenoxy) is 2. The predicted molar refractivity (Wildman–Crippen MR) is 85.0 cm³/mol. The van der Waals surface area contributed by atoms with Gasteiger partial charge in [0.1, 0.15) is 12.1 Å². The minimum absolute atomic E-state index is 0.0760. The Hall–Kier alpha value is -2.03. The largest absolute Gasteiger partial charge is 0.382 e. The van der Waals surface area contributed by atoms with Crippen molar-refractivity contribution in [3.63, 3.8) is 0 Å². The minimum atomic E-state index is -0.477. The van der Waals surface area contributed by atoms with Crippen molar-refractivity contribution in [2.24, 2.45) is 0 Å². The Morgan fingerprint density at radius 1 is 1.52 bits per heavy atom. The number of methoxy groups -OCH3 is 1. The summed E-state index contributed by atoms with van der Waals surface area (Å²) in [6.45, 7) is 2.22. The molecule has 9 heteroatoms. The van der Waals surface area contributed by atoms with E-state index in [9.17, 15) is 10.1 Å². The topological polar surface area (TPSA) is 90.6 Å². The van der Waals surface area contributed by atoms with Gasteiger partial charge in [0.05, 0.1) is 40.2 Å². The van der Waals surface area contributed by atoms with E-state index in [1.807, 2.05) is 4.90 Å². The van der Waals surface area contributed by atoms with Crippen molar-refractivity contribution in [1.29, 1.82) is 0 Å². The molecule has 1 aliphatic rings. The molecule has 0 radical (unpaired) electrons. The number of hydrogen-bond donors (Lipinski definition) is 0. The fourth-order valence-electron chi connectivity index (χ4n) is 2.65. The molecule has 1 aromatic heterocycles. The quantitative estimate of drug-likeness (QED) is 0.622. The van der Waals surface area contributed by atoms with Gasteiger partial charge in [-0.15, -0.1) is 0 Å². The number of nitro groups is 1. The first-order valence-corrected chi connectivity index (χ1v) is 7.42. The molecule has 2 aromatic rings. The maximum atomic E-state index is 11.1. The first-order valence-electron chi connectivity index (χ1n) is 7.04. The van der Waals surface area contributed by atoms with Gasteiger partial charge in [0.15, 0.2) is 0 Å². The zero-order valence-electron chi connectivity index (χ0n) is 12.4. The van der Waals surface area contributed by atoms with Crippen LogP contribution in [0.1, 0.15) is 0 Å². The van der Waals surface area contributed by atoms with Gasteiger partial charge in [0, 0.05) is 32.3 Å². The lowest BCUT2D eigenvalue weighted by Crippen LogP contribution is -2.44. The van der Waals surface area contributed by atoms with Crippen LogP contribution in [0, 0.1) is 10.1 Å². The van der Waals surface area contributed by atoms with Crippen LogP contribution >= 0.6 is 11.6 Å². The van der Waals surface area contributed by atoms with Crippen LogP contribution in [0.25, 0.3) is 10.9 Å². The van der Waals surface area contributed by atoms with Gasteiger partial charge in [-0.05, 0) is 0 Å². The van der Waals surface area contributed by atoms with Crippen molar-refractivity contribution in [2.75, 3.05) is 38.3 Å². The summed E-state index contributed by atoms with van der Waals surface area (Å²) in [7, 11) is 1.62. The molecule has 3 rings (SSSR count). The molecule has 0 spiro atoms. The third-order valence-corrected chi connectivity index (χ3v) is 3.95. The molecular weight excluding hydrogens is 324 g/mol. The highest BCUT2D eigenvalue weighted by Gasteiger charge is 2.24. The number of morpholine rings is 1. The van der Waals surface area contributed by atoms with Gasteiger partial charge >= 0.3 is 0 Å². The molecule has 23 heavy (non-hydrogen) atoms. The number of nitro benzene ring substituents is 1. The van der Waals surface area contributed by atoms with E-state index in [-0.39, 0.29) is 16.8 Å². The molecule has 1 fully saturated rings. The van der Waals surface area contributed by atoms with Gasteiger partial charge in [-0.2, -0.15) is 0 Å². The number of fused-ring (bicyclic) bond motifs is 1. The van der Waals surface area contributed by atoms with Gasteiger partial charge in [-0.1, -0.05) is 11.6 Å². The summed E-state index contributed by atoms with van der Waals surface area (Å²) in [6.07, 6.45) is 1.34. The molecule has 0 amide bonds. The van der Waals surface area contributed by atoms with Crippen molar-refractivity contribution in [2.45, 2.75) is 6.10 Å². The van der Waals surface area contributed by atoms with Gasteiger partial charge in [0.2, 0.25) is 0 Å². The summed E-state index contributed by atoms with van der Waals surface area (Å²) < 4.78 is 10.8. The van der Waals surface area contributed by atoms with Gasteiger partial charge in [0.25, 0.3) is 5.69 Å². The average Bonchev–Trinajstić information content (AvgIpc) is 2.55. The number of halogens is 1. The molecule has 0 bridgehead atoms. The Bertz CT molecular complexity index is 740. The van der Waals surface area contributed by atoms with Gasteiger partial charge in [-0.3, -0.25) is 10.1 Å². The molecular formula is C14H15ClN4O4. The number of hydrogen-bond acceptors (Lipinski definition) is 7. The smallest absolute Gasteiger partial charge is 0.271 e. The van der Waals surface area contributed by atoms with E-state index >= 15 is 0 Å². The van der Waals surface area contributed by atoms with E-state index in [1.54, 1.807) is 7.11 Å². The second kappa shape index (κ2) is 6.61. The van der Waals surface area contributed by atoms with E-state index in [0.717, 1.165) is 0 Å². The molecule has 1 aromatic carbocycles. The first-order chi connectivity index (χ1) is 11.1. The molecule has 0 N–H and O–H groups in total. The number of anilines is 1. The molecule has 1 atom stereocenters. The van der Waals surface area contributed by atoms with Gasteiger partial charge < -0.3 is 14.4 Å². The van der Waals surface area contributed by atoms with Crippen molar-refractivity contribution in [3.8, 4) is 0 Å². The molecule has 8 nitrogen and oxygen atoms in total. The summed E-state index contributed by atoms with van der Waals surface area (Å²) in [5.74, 6) is 0.616. The number of benzene rings is 1. The molecule has 0 aliphatic carbocycles. The number of rotatable bonds is 4. The molecule has 1 saturated heterocycles. The Balaban J connectivity index is 2.04.